The van der Waals surface area contributed by atoms with E-state index in [0.29, 0.717) is 0 Å². The third-order valence-corrected chi connectivity index (χ3v) is 11.9. The molecule has 0 spiro atoms. The van der Waals surface area contributed by atoms with Crippen LogP contribution in [-0.4, -0.2) is 163 Å². The number of phosphoric acid groups is 1. The zero-order chi connectivity index (χ0) is 70.9. The third kappa shape index (κ3) is 11.6. The average molecular weight is 1440 g/mol. The van der Waals surface area contributed by atoms with Crippen molar-refractivity contribution in [1.29, 1.82) is 0 Å². The standard InChI is InChI=1S/C30H12F51O4P/c31-7(32,10(37,38)13(43,44)16(49,50)18(53,54)19(55,56)21(59,60)24(65,66)27(71,72)30(79,80)81)1-4-83-86(82,85-6-3-9(35,36)12(41,42)15(47,48)22(61,62)25(67,68)28(73,74)75)84-5-2-8(33,34)11(39,40)14(45,46)17(51,52)20(57,58)23(63,64)26(69,70)29(76,77)78/h1-6H2. The number of alkyl halides is 51. The minimum absolute atomic E-state index is 2.97. The lowest BCUT2D eigenvalue weighted by molar-refractivity contribution is -0.474. The quantitative estimate of drug-likeness (QED) is 0.0531. The van der Waals surface area contributed by atoms with Gasteiger partial charge in [-0.2, -0.15) is 224 Å². The molecule has 518 valence electrons. The highest BCUT2D eigenvalue weighted by Crippen LogP contribution is 2.69. The molecule has 0 aliphatic heterocycles. The van der Waals surface area contributed by atoms with Gasteiger partial charge in [0.25, 0.3) is 0 Å². The third-order valence-electron chi connectivity index (χ3n) is 10.4. The van der Waals surface area contributed by atoms with E-state index in [-0.39, 0.29) is 0 Å². The Morgan fingerprint density at radius 2 is 0.279 bits per heavy atom. The van der Waals surface area contributed by atoms with Crippen LogP contribution in [0.4, 0.5) is 224 Å². The molecule has 0 aliphatic carbocycles. The Morgan fingerprint density at radius 1 is 0.174 bits per heavy atom. The van der Waals surface area contributed by atoms with Crippen molar-refractivity contribution in [2.24, 2.45) is 0 Å². The Labute approximate surface area is 433 Å². The number of hydrogen-bond acceptors (Lipinski definition) is 4. The summed E-state index contributed by atoms with van der Waals surface area (Å²) < 4.78 is 714. The van der Waals surface area contributed by atoms with Gasteiger partial charge in [0.15, 0.2) is 0 Å². The van der Waals surface area contributed by atoms with E-state index in [4.69, 9.17) is 0 Å². The molecule has 0 heterocycles. The summed E-state index contributed by atoms with van der Waals surface area (Å²) in [6.45, 7) is -11.5. The van der Waals surface area contributed by atoms with Gasteiger partial charge in [-0.1, -0.05) is 0 Å². The molecule has 0 aliphatic rings. The summed E-state index contributed by atoms with van der Waals surface area (Å²) >= 11 is 0. The number of halogens is 51. The molecule has 0 aromatic rings. The molecule has 0 saturated heterocycles. The van der Waals surface area contributed by atoms with Crippen LogP contribution >= 0.6 is 7.82 Å². The van der Waals surface area contributed by atoms with E-state index in [1.54, 1.807) is 0 Å². The fourth-order valence-corrected chi connectivity index (χ4v) is 6.20. The van der Waals surface area contributed by atoms with Crippen LogP contribution in [0.2, 0.25) is 0 Å². The first-order chi connectivity index (χ1) is 36.4. The van der Waals surface area contributed by atoms with Gasteiger partial charge < -0.3 is 0 Å². The Hall–Kier alpha value is -3.46. The smallest absolute Gasteiger partial charge is 0.287 e. The van der Waals surface area contributed by atoms with E-state index in [1.807, 2.05) is 0 Å². The van der Waals surface area contributed by atoms with Gasteiger partial charge in [-0.15, -0.1) is 0 Å². The molecule has 1 atom stereocenters. The van der Waals surface area contributed by atoms with Crippen molar-refractivity contribution in [3.05, 3.63) is 0 Å². The molecule has 0 bridgehead atoms. The molecule has 0 N–H and O–H groups in total. The van der Waals surface area contributed by atoms with Crippen LogP contribution in [0.1, 0.15) is 19.3 Å². The summed E-state index contributed by atoms with van der Waals surface area (Å²) in [6.07, 6.45) is -38.1. The van der Waals surface area contributed by atoms with Crippen LogP contribution in [0.25, 0.3) is 0 Å². The molecule has 0 amide bonds. The lowest BCUT2D eigenvalue weighted by atomic mass is 9.86. The van der Waals surface area contributed by atoms with Gasteiger partial charge in [-0.25, -0.2) is 4.57 Å². The number of hydrogen-bond donors (Lipinski definition) is 0. The minimum Gasteiger partial charge on any atom is -0.287 e. The van der Waals surface area contributed by atoms with Crippen molar-refractivity contribution >= 4 is 7.82 Å². The molecule has 0 aromatic heterocycles. The highest BCUT2D eigenvalue weighted by Gasteiger charge is 2.99. The first kappa shape index (κ1) is 82.5. The Morgan fingerprint density at radius 3 is 0.395 bits per heavy atom. The van der Waals surface area contributed by atoms with Crippen LogP contribution in [-0.2, 0) is 18.1 Å². The van der Waals surface area contributed by atoms with Crippen molar-refractivity contribution in [3.63, 3.8) is 0 Å². The van der Waals surface area contributed by atoms with Crippen molar-refractivity contribution in [2.75, 3.05) is 19.8 Å². The molecular weight excluding hydrogens is 1420 g/mol. The first-order valence-corrected chi connectivity index (χ1v) is 20.5. The molecule has 4 nitrogen and oxygen atoms in total. The largest absolute Gasteiger partial charge is 0.474 e. The first-order valence-electron chi connectivity index (χ1n) is 19.0. The highest BCUT2D eigenvalue weighted by atomic mass is 31.2. The SMILES string of the molecule is O=P(OCCC(F)(F)C(F)(F)C(F)(F)C(F)(F)C(F)(F)C(F)(F)F)(OCCC(F)(F)C(F)(F)C(F)(F)C(F)(F)C(F)(F)C(F)(F)C(F)(F)C(F)(F)F)OCCC(F)(F)C(F)(F)C(F)(F)C(F)(F)C(F)(F)C(F)(F)C(F)(F)C(F)(F)C(F)(F)C(F)(F)F. The normalized spacial score (nSPS) is 17.6. The zero-order valence-electron chi connectivity index (χ0n) is 37.6. The van der Waals surface area contributed by atoms with Gasteiger partial charge in [0, 0.05) is 19.3 Å². The summed E-state index contributed by atoms with van der Waals surface area (Å²) in [5.74, 6) is -191. The van der Waals surface area contributed by atoms with Crippen molar-refractivity contribution < 1.29 is 242 Å². The predicted molar refractivity (Wildman–Crippen MR) is 161 cm³/mol. The molecule has 1 unspecified atom stereocenters. The summed E-state index contributed by atoms with van der Waals surface area (Å²) in [4.78, 5) is 0. The van der Waals surface area contributed by atoms with Crippen LogP contribution in [0.5, 0.6) is 0 Å². The van der Waals surface area contributed by atoms with E-state index in [2.05, 4.69) is 13.6 Å². The Bertz CT molecular complexity index is 2390. The van der Waals surface area contributed by atoms with Gasteiger partial charge in [0.05, 0.1) is 19.8 Å². The molecule has 56 heteroatoms. The van der Waals surface area contributed by atoms with Gasteiger partial charge in [-0.3, -0.25) is 13.6 Å². The molecule has 0 radical (unpaired) electrons. The van der Waals surface area contributed by atoms with Crippen LogP contribution in [0, 0.1) is 0 Å². The van der Waals surface area contributed by atoms with E-state index in [0.717, 1.165) is 0 Å². The van der Waals surface area contributed by atoms with Crippen LogP contribution in [0.3, 0.4) is 0 Å². The molecule has 0 aromatic carbocycles. The maximum Gasteiger partial charge on any atom is 0.474 e. The van der Waals surface area contributed by atoms with Crippen molar-refractivity contribution in [2.45, 2.75) is 162 Å². The number of phosphoric ester groups is 1. The second-order valence-corrected chi connectivity index (χ2v) is 17.8. The maximum absolute atomic E-state index is 14.4. The fourth-order valence-electron chi connectivity index (χ4n) is 5.03. The predicted octanol–water partition coefficient (Wildman–Crippen LogP) is 18.3. The van der Waals surface area contributed by atoms with Gasteiger partial charge in [0.2, 0.25) is 0 Å². The van der Waals surface area contributed by atoms with Crippen molar-refractivity contribution in [1.82, 2.24) is 0 Å². The lowest BCUT2D eigenvalue weighted by Gasteiger charge is -2.44. The minimum atomic E-state index is -9.92. The van der Waals surface area contributed by atoms with Gasteiger partial charge in [-0.05, 0) is 0 Å². The van der Waals surface area contributed by atoms with E-state index < -0.39 is 190 Å². The maximum atomic E-state index is 14.4. The van der Waals surface area contributed by atoms with Crippen LogP contribution in [0.15, 0.2) is 0 Å². The monoisotopic (exact) mass is 1440 g/mol. The second kappa shape index (κ2) is 21.9. The highest BCUT2D eigenvalue weighted by molar-refractivity contribution is 7.48. The van der Waals surface area contributed by atoms with E-state index in [1.165, 1.54) is 0 Å². The lowest BCUT2D eigenvalue weighted by Crippen LogP contribution is -2.76. The summed E-state index contributed by atoms with van der Waals surface area (Å²) in [7, 11) is -8.03. The summed E-state index contributed by atoms with van der Waals surface area (Å²) in [5, 5.41) is 0. The van der Waals surface area contributed by atoms with E-state index >= 15 is 0 Å². The molecule has 0 fully saturated rings. The van der Waals surface area contributed by atoms with Crippen LogP contribution < -0.4 is 0 Å². The van der Waals surface area contributed by atoms with Gasteiger partial charge in [0.1, 0.15) is 0 Å². The number of rotatable bonds is 30. The topological polar surface area (TPSA) is 44.8 Å². The summed E-state index contributed by atoms with van der Waals surface area (Å²) in [6, 6.07) is 0. The zero-order valence-corrected chi connectivity index (χ0v) is 38.5. The molecular formula is C30H12F51O4P. The summed E-state index contributed by atoms with van der Waals surface area (Å²) in [5.41, 5.74) is 0. The average Bonchev–Trinajstić information content (AvgIpc) is 3.26. The van der Waals surface area contributed by atoms with Gasteiger partial charge >= 0.3 is 151 Å². The van der Waals surface area contributed by atoms with E-state index in [9.17, 15) is 228 Å². The molecule has 86 heavy (non-hydrogen) atoms. The molecule has 0 saturated carbocycles. The Balaban J connectivity index is 7.77. The second-order valence-electron chi connectivity index (χ2n) is 16.1. The Kier molecular flexibility index (Phi) is 21.0. The fraction of sp³-hybridized carbons (Fsp3) is 1.00. The van der Waals surface area contributed by atoms with Crippen molar-refractivity contribution in [3.8, 4) is 0 Å². The molecule has 0 rings (SSSR count).